The summed E-state index contributed by atoms with van der Waals surface area (Å²) in [5, 5.41) is 5.62. The van der Waals surface area contributed by atoms with E-state index in [2.05, 4.69) is 10.6 Å². The van der Waals surface area contributed by atoms with E-state index in [1.54, 1.807) is 19.2 Å². The summed E-state index contributed by atoms with van der Waals surface area (Å²) in [5.41, 5.74) is 1.62. The van der Waals surface area contributed by atoms with E-state index in [1.165, 1.54) is 7.11 Å². The summed E-state index contributed by atoms with van der Waals surface area (Å²) in [6.07, 6.45) is 2.19. The molecule has 1 heterocycles. The van der Waals surface area contributed by atoms with Crippen LogP contribution in [0.15, 0.2) is 42.5 Å². The van der Waals surface area contributed by atoms with Gasteiger partial charge in [0.25, 0.3) is 5.91 Å². The second kappa shape index (κ2) is 8.29. The largest absolute Gasteiger partial charge is 0.493 e. The number of urea groups is 1. The van der Waals surface area contributed by atoms with Crippen LogP contribution in [0.3, 0.4) is 0 Å². The van der Waals surface area contributed by atoms with Crippen LogP contribution >= 0.6 is 0 Å². The molecule has 2 aromatic carbocycles. The fourth-order valence-electron chi connectivity index (χ4n) is 4.35. The van der Waals surface area contributed by atoms with Gasteiger partial charge in [-0.05, 0) is 48.1 Å². The molecule has 2 aliphatic rings. The van der Waals surface area contributed by atoms with Crippen molar-refractivity contribution in [2.24, 2.45) is 0 Å². The molecule has 1 spiro atoms. The molecule has 1 saturated heterocycles. The summed E-state index contributed by atoms with van der Waals surface area (Å²) >= 11 is 0. The van der Waals surface area contributed by atoms with Crippen molar-refractivity contribution < 1.29 is 23.9 Å². The van der Waals surface area contributed by atoms with Gasteiger partial charge >= 0.3 is 6.03 Å². The van der Waals surface area contributed by atoms with Crippen LogP contribution in [-0.4, -0.2) is 43.5 Å². The third kappa shape index (κ3) is 3.69. The zero-order chi connectivity index (χ0) is 22.0. The SMILES string of the molecule is COc1ccc(CNC(=O)CN2C(=O)N[C@@]3(CCCc4ccccc43)C2=O)cc1OC. The molecule has 1 fully saturated rings. The number of imide groups is 1. The van der Waals surface area contributed by atoms with Crippen molar-refractivity contribution in [2.75, 3.05) is 20.8 Å². The smallest absolute Gasteiger partial charge is 0.325 e. The summed E-state index contributed by atoms with van der Waals surface area (Å²) in [6, 6.07) is 12.4. The van der Waals surface area contributed by atoms with E-state index < -0.39 is 17.5 Å². The Morgan fingerprint density at radius 1 is 1.13 bits per heavy atom. The Kier molecular flexibility index (Phi) is 5.54. The van der Waals surface area contributed by atoms with Gasteiger partial charge in [0.15, 0.2) is 11.5 Å². The summed E-state index contributed by atoms with van der Waals surface area (Å²) < 4.78 is 10.5. The van der Waals surface area contributed by atoms with Crippen molar-refractivity contribution >= 4 is 17.8 Å². The van der Waals surface area contributed by atoms with Crippen LogP contribution in [0, 0.1) is 0 Å². The number of nitrogens with zero attached hydrogens (tertiary/aromatic N) is 1. The van der Waals surface area contributed by atoms with E-state index in [9.17, 15) is 14.4 Å². The predicted molar refractivity (Wildman–Crippen MR) is 113 cm³/mol. The quantitative estimate of drug-likeness (QED) is 0.694. The lowest BCUT2D eigenvalue weighted by Gasteiger charge is -2.33. The Morgan fingerprint density at radius 3 is 2.68 bits per heavy atom. The van der Waals surface area contributed by atoms with Gasteiger partial charge in [0.05, 0.1) is 14.2 Å². The Hall–Kier alpha value is -3.55. The highest BCUT2D eigenvalue weighted by molar-refractivity contribution is 6.09. The number of nitrogens with one attached hydrogen (secondary N) is 2. The highest BCUT2D eigenvalue weighted by Crippen LogP contribution is 2.39. The number of aryl methyl sites for hydroxylation is 1. The molecule has 8 nitrogen and oxygen atoms in total. The Bertz CT molecular complexity index is 1040. The molecule has 0 saturated carbocycles. The molecule has 2 aromatic rings. The Morgan fingerprint density at radius 2 is 1.90 bits per heavy atom. The Balaban J connectivity index is 1.44. The number of rotatable bonds is 6. The summed E-state index contributed by atoms with van der Waals surface area (Å²) in [5.74, 6) is 0.363. The van der Waals surface area contributed by atoms with Crippen LogP contribution in [0.25, 0.3) is 0 Å². The zero-order valence-electron chi connectivity index (χ0n) is 17.6. The second-order valence-electron chi connectivity index (χ2n) is 7.70. The summed E-state index contributed by atoms with van der Waals surface area (Å²) in [6.45, 7) is -0.0985. The predicted octanol–water partition coefficient (Wildman–Crippen LogP) is 2.10. The number of fused-ring (bicyclic) bond motifs is 2. The molecule has 4 rings (SSSR count). The van der Waals surface area contributed by atoms with Crippen LogP contribution in [0.5, 0.6) is 11.5 Å². The third-order valence-corrected chi connectivity index (χ3v) is 5.89. The van der Waals surface area contributed by atoms with Crippen molar-refractivity contribution in [1.82, 2.24) is 15.5 Å². The van der Waals surface area contributed by atoms with Gasteiger partial charge in [-0.2, -0.15) is 0 Å². The van der Waals surface area contributed by atoms with Crippen LogP contribution in [0.1, 0.15) is 29.5 Å². The highest BCUT2D eigenvalue weighted by Gasteiger charge is 2.54. The minimum absolute atomic E-state index is 0.233. The number of amides is 4. The lowest BCUT2D eigenvalue weighted by Crippen LogP contribution is -2.47. The van der Waals surface area contributed by atoms with Crippen molar-refractivity contribution in [3.8, 4) is 11.5 Å². The number of hydrogen-bond acceptors (Lipinski definition) is 5. The molecule has 31 heavy (non-hydrogen) atoms. The number of hydrogen-bond donors (Lipinski definition) is 2. The fourth-order valence-corrected chi connectivity index (χ4v) is 4.35. The van der Waals surface area contributed by atoms with Gasteiger partial charge in [-0.3, -0.25) is 14.5 Å². The fraction of sp³-hybridized carbons (Fsp3) is 0.348. The normalized spacial score (nSPS) is 19.7. The van der Waals surface area contributed by atoms with Gasteiger partial charge < -0.3 is 20.1 Å². The van der Waals surface area contributed by atoms with Crippen molar-refractivity contribution in [3.05, 3.63) is 59.2 Å². The number of carbonyl (C=O) groups excluding carboxylic acids is 3. The van der Waals surface area contributed by atoms with E-state index in [4.69, 9.17) is 9.47 Å². The molecule has 4 amide bonds. The van der Waals surface area contributed by atoms with Gasteiger partial charge in [-0.25, -0.2) is 4.79 Å². The molecule has 1 aliphatic carbocycles. The molecular weight excluding hydrogens is 398 g/mol. The second-order valence-corrected chi connectivity index (χ2v) is 7.70. The Labute approximate surface area is 180 Å². The average Bonchev–Trinajstić information content (AvgIpc) is 3.02. The van der Waals surface area contributed by atoms with Gasteiger partial charge in [0.2, 0.25) is 5.91 Å². The lowest BCUT2D eigenvalue weighted by molar-refractivity contribution is -0.135. The van der Waals surface area contributed by atoms with Crippen molar-refractivity contribution in [3.63, 3.8) is 0 Å². The zero-order valence-corrected chi connectivity index (χ0v) is 17.6. The summed E-state index contributed by atoms with van der Waals surface area (Å²) in [7, 11) is 3.09. The van der Waals surface area contributed by atoms with E-state index in [0.717, 1.165) is 34.4 Å². The van der Waals surface area contributed by atoms with E-state index in [0.29, 0.717) is 17.9 Å². The first-order chi connectivity index (χ1) is 15.0. The third-order valence-electron chi connectivity index (χ3n) is 5.89. The number of ether oxygens (including phenoxy) is 2. The topological polar surface area (TPSA) is 97.0 Å². The monoisotopic (exact) mass is 423 g/mol. The summed E-state index contributed by atoms with van der Waals surface area (Å²) in [4.78, 5) is 39.4. The van der Waals surface area contributed by atoms with Crippen molar-refractivity contribution in [1.29, 1.82) is 0 Å². The average molecular weight is 423 g/mol. The van der Waals surface area contributed by atoms with Gasteiger partial charge in [0.1, 0.15) is 12.1 Å². The van der Waals surface area contributed by atoms with Gasteiger partial charge in [-0.15, -0.1) is 0 Å². The molecule has 0 aromatic heterocycles. The van der Waals surface area contributed by atoms with Crippen LogP contribution in [0.4, 0.5) is 4.79 Å². The van der Waals surface area contributed by atoms with Gasteiger partial charge in [0, 0.05) is 6.54 Å². The molecule has 0 radical (unpaired) electrons. The van der Waals surface area contributed by atoms with E-state index in [1.807, 2.05) is 30.3 Å². The molecular formula is C23H25N3O5. The maximum Gasteiger partial charge on any atom is 0.325 e. The van der Waals surface area contributed by atoms with Crippen LogP contribution in [0.2, 0.25) is 0 Å². The van der Waals surface area contributed by atoms with Crippen molar-refractivity contribution in [2.45, 2.75) is 31.3 Å². The van der Waals surface area contributed by atoms with Gasteiger partial charge in [-0.1, -0.05) is 30.3 Å². The molecule has 2 N–H and O–H groups in total. The number of benzene rings is 2. The molecule has 162 valence electrons. The first-order valence-corrected chi connectivity index (χ1v) is 10.2. The highest BCUT2D eigenvalue weighted by atomic mass is 16.5. The molecule has 1 aliphatic heterocycles. The number of methoxy groups -OCH3 is 2. The molecule has 1 atom stereocenters. The van der Waals surface area contributed by atoms with Crippen LogP contribution in [-0.2, 0) is 28.1 Å². The van der Waals surface area contributed by atoms with E-state index >= 15 is 0 Å². The maximum absolute atomic E-state index is 13.3. The number of carbonyl (C=O) groups is 3. The molecule has 0 bridgehead atoms. The standard InChI is InChI=1S/C23H25N3O5/c1-30-18-10-9-15(12-19(18)31-2)13-24-20(27)14-26-21(28)23(25-22(26)29)11-5-7-16-6-3-4-8-17(16)23/h3-4,6,8-10,12H,5,7,11,13-14H2,1-2H3,(H,24,27)(H,25,29)/t23-/m1/s1. The van der Waals surface area contributed by atoms with E-state index in [-0.39, 0.29) is 19.0 Å². The first kappa shape index (κ1) is 20.7. The minimum atomic E-state index is -1.07. The minimum Gasteiger partial charge on any atom is -0.493 e. The van der Waals surface area contributed by atoms with Crippen LogP contribution < -0.4 is 20.1 Å². The molecule has 0 unspecified atom stereocenters. The maximum atomic E-state index is 13.3. The first-order valence-electron chi connectivity index (χ1n) is 10.2. The molecule has 8 heteroatoms. The lowest BCUT2D eigenvalue weighted by atomic mass is 9.76.